The van der Waals surface area contributed by atoms with Crippen molar-refractivity contribution >= 4 is 66.7 Å². The molecule has 0 aromatic heterocycles. The minimum Gasteiger partial charge on any atom is -0.274 e. The van der Waals surface area contributed by atoms with Crippen molar-refractivity contribution in [2.24, 2.45) is 58.2 Å². The van der Waals surface area contributed by atoms with Crippen molar-refractivity contribution in [3.05, 3.63) is 70.8 Å². The summed E-state index contributed by atoms with van der Waals surface area (Å²) < 4.78 is 0. The minimum atomic E-state index is -0.201. The molecule has 6 saturated carbocycles. The number of imide groups is 2. The molecule has 0 saturated heterocycles. The Hall–Kier alpha value is -4.32. The second kappa shape index (κ2) is 9.80. The van der Waals surface area contributed by atoms with Crippen LogP contribution in [0, 0.1) is 58.2 Å². The quantitative estimate of drug-likeness (QED) is 0.107. The van der Waals surface area contributed by atoms with E-state index < -0.39 is 0 Å². The first-order valence-corrected chi connectivity index (χ1v) is 19.7. The molecule has 4 amide bonds. The minimum absolute atomic E-state index is 0.201. The average Bonchev–Trinajstić information content (AvgIpc) is 3.13. The fourth-order valence-electron chi connectivity index (χ4n) is 13.2. The zero-order valence-corrected chi connectivity index (χ0v) is 31.0. The van der Waals surface area contributed by atoms with Crippen LogP contribution >= 0.6 is 0 Å². The molecule has 6 nitrogen and oxygen atoms in total. The van der Waals surface area contributed by atoms with Crippen LogP contribution < -0.4 is 0 Å². The number of hydrogen-bond acceptors (Lipinski definition) is 4. The van der Waals surface area contributed by atoms with Gasteiger partial charge in [-0.25, -0.2) is 0 Å². The van der Waals surface area contributed by atoms with Gasteiger partial charge in [0.1, 0.15) is 0 Å². The second-order valence-corrected chi connectivity index (χ2v) is 19.0. The van der Waals surface area contributed by atoms with Gasteiger partial charge in [-0.3, -0.25) is 29.0 Å². The largest absolute Gasteiger partial charge is 0.274 e. The van der Waals surface area contributed by atoms with E-state index in [1.807, 2.05) is 48.5 Å². The first-order chi connectivity index (χ1) is 24.8. The zero-order chi connectivity index (χ0) is 35.9. The summed E-state index contributed by atoms with van der Waals surface area (Å²) >= 11 is 0. The summed E-state index contributed by atoms with van der Waals surface area (Å²) in [6.45, 7) is 15.1. The highest BCUT2D eigenvalue weighted by atomic mass is 16.2. The zero-order valence-electron chi connectivity index (χ0n) is 31.0. The summed E-state index contributed by atoms with van der Waals surface area (Å²) in [4.78, 5) is 60.1. The molecule has 6 aliphatic carbocycles. The van der Waals surface area contributed by atoms with Crippen LogP contribution in [0.5, 0.6) is 0 Å². The smallest absolute Gasteiger partial charge is 0.261 e. The number of fused-ring (bicyclic) bond motifs is 6. The van der Waals surface area contributed by atoms with Crippen LogP contribution in [-0.4, -0.2) is 46.5 Å². The topological polar surface area (TPSA) is 74.8 Å². The van der Waals surface area contributed by atoms with Gasteiger partial charge in [-0.15, -0.1) is 0 Å². The summed E-state index contributed by atoms with van der Waals surface area (Å²) in [5.41, 5.74) is 3.01. The van der Waals surface area contributed by atoms with E-state index in [1.54, 1.807) is 0 Å². The third kappa shape index (κ3) is 3.58. The summed E-state index contributed by atoms with van der Waals surface area (Å²) in [7, 11) is 0. The third-order valence-corrected chi connectivity index (χ3v) is 16.7. The lowest BCUT2D eigenvalue weighted by atomic mass is 9.43. The van der Waals surface area contributed by atoms with Gasteiger partial charge in [-0.05, 0) is 140 Å². The van der Waals surface area contributed by atoms with Crippen LogP contribution in [0.2, 0.25) is 0 Å². The van der Waals surface area contributed by atoms with Gasteiger partial charge in [0.25, 0.3) is 23.6 Å². The fourth-order valence-corrected chi connectivity index (χ4v) is 13.2. The molecule has 13 rings (SSSR count). The molecule has 8 unspecified atom stereocenters. The Morgan fingerprint density at radius 2 is 0.788 bits per heavy atom. The number of amides is 4. The summed E-state index contributed by atoms with van der Waals surface area (Å²) in [5.74, 6) is 3.35. The highest BCUT2D eigenvalue weighted by Crippen LogP contribution is 2.64. The normalized spacial score (nSPS) is 32.7. The van der Waals surface area contributed by atoms with Gasteiger partial charge in [0.2, 0.25) is 0 Å². The molecule has 2 aliphatic heterocycles. The van der Waals surface area contributed by atoms with E-state index in [9.17, 15) is 19.2 Å². The number of rotatable bonds is 4. The second-order valence-electron chi connectivity index (χ2n) is 19.0. The number of hydrogen-bond donors (Lipinski definition) is 0. The molecule has 5 aromatic rings. The molecular formula is C46H46N2O4. The van der Waals surface area contributed by atoms with Gasteiger partial charge in [0, 0.05) is 46.1 Å². The van der Waals surface area contributed by atoms with E-state index in [-0.39, 0.29) is 23.6 Å². The SMILES string of the molecule is CC1C(CN2C(=O)c3ccc4c5ccc6c7c(ccc(c8ccc(c3c48)C2=O)c75)C(=O)N(CC2CC3CC(C2C)C3(C)C)C6=O)CC2CC1C2(C)C. The maximum atomic E-state index is 14.3. The molecule has 0 spiro atoms. The number of benzene rings is 5. The Balaban J connectivity index is 0.993. The maximum Gasteiger partial charge on any atom is 0.261 e. The lowest BCUT2D eigenvalue weighted by Gasteiger charge is -2.62. The maximum absolute atomic E-state index is 14.3. The Bertz CT molecular complexity index is 2220. The Morgan fingerprint density at radius 3 is 1.06 bits per heavy atom. The van der Waals surface area contributed by atoms with Gasteiger partial charge >= 0.3 is 0 Å². The average molecular weight is 691 g/mol. The van der Waals surface area contributed by atoms with Crippen LogP contribution in [0.3, 0.4) is 0 Å². The number of nitrogens with zero attached hydrogens (tertiary/aromatic N) is 2. The van der Waals surface area contributed by atoms with E-state index in [4.69, 9.17) is 0 Å². The number of carbonyl (C=O) groups is 4. The van der Waals surface area contributed by atoms with Gasteiger partial charge in [0.05, 0.1) is 0 Å². The summed E-state index contributed by atoms with van der Waals surface area (Å²) in [6.07, 6.45) is 4.65. The Labute approximate surface area is 304 Å². The van der Waals surface area contributed by atoms with Gasteiger partial charge in [-0.1, -0.05) is 65.8 Å². The monoisotopic (exact) mass is 690 g/mol. The van der Waals surface area contributed by atoms with Crippen LogP contribution in [0.15, 0.2) is 48.5 Å². The van der Waals surface area contributed by atoms with E-state index in [0.717, 1.165) is 55.9 Å². The fraction of sp³-hybridized carbons (Fsp3) is 0.478. The highest BCUT2D eigenvalue weighted by Gasteiger charge is 2.58. The highest BCUT2D eigenvalue weighted by molar-refractivity contribution is 6.41. The van der Waals surface area contributed by atoms with Gasteiger partial charge in [0.15, 0.2) is 0 Å². The molecule has 8 aliphatic rings. The van der Waals surface area contributed by atoms with Crippen molar-refractivity contribution in [3.8, 4) is 0 Å². The molecule has 4 bridgehead atoms. The molecular weight excluding hydrogens is 645 g/mol. The molecule has 5 aromatic carbocycles. The molecule has 264 valence electrons. The van der Waals surface area contributed by atoms with Crippen LogP contribution in [-0.2, 0) is 0 Å². The molecule has 6 fully saturated rings. The predicted molar refractivity (Wildman–Crippen MR) is 204 cm³/mol. The first-order valence-electron chi connectivity index (χ1n) is 19.7. The summed E-state index contributed by atoms with van der Waals surface area (Å²) in [5, 5.41) is 7.00. The van der Waals surface area contributed by atoms with Crippen molar-refractivity contribution < 1.29 is 19.2 Å². The number of carbonyl (C=O) groups excluding carboxylic acids is 4. The first kappa shape index (κ1) is 31.2. The standard InChI is InChI=1S/C46H46N2O4/c1-21-23(15-25-17-35(21)45(25,3)4)19-47-41(49)31-11-7-27-29-9-13-33-40-34(14-10-30(38(29)40)28-8-12-32(42(47)50)39(31)37(27)28)44(52)48(43(33)51)20-24-16-26-18-36(22(24)2)46(26,5)6/h7-14,21-26,35-36H,15-20H2,1-6H3. The molecule has 0 N–H and O–H groups in total. The van der Waals surface area contributed by atoms with Crippen molar-refractivity contribution in [2.45, 2.75) is 67.2 Å². The van der Waals surface area contributed by atoms with Gasteiger partial charge in [-0.2, -0.15) is 0 Å². The molecule has 6 heteroatoms. The van der Waals surface area contributed by atoms with Gasteiger partial charge < -0.3 is 0 Å². The Morgan fingerprint density at radius 1 is 0.481 bits per heavy atom. The lowest BCUT2D eigenvalue weighted by molar-refractivity contribution is -0.130. The third-order valence-electron chi connectivity index (χ3n) is 16.7. The van der Waals surface area contributed by atoms with Crippen molar-refractivity contribution in [1.82, 2.24) is 9.80 Å². The Kier molecular flexibility index (Phi) is 5.89. The van der Waals surface area contributed by atoms with E-state index >= 15 is 0 Å². The molecule has 0 radical (unpaired) electrons. The van der Waals surface area contributed by atoms with Crippen molar-refractivity contribution in [2.75, 3.05) is 13.1 Å². The van der Waals surface area contributed by atoms with Crippen LogP contribution in [0.25, 0.3) is 43.1 Å². The van der Waals surface area contributed by atoms with Crippen LogP contribution in [0.4, 0.5) is 0 Å². The lowest BCUT2D eigenvalue weighted by Crippen LogP contribution is -2.57. The molecule has 52 heavy (non-hydrogen) atoms. The van der Waals surface area contributed by atoms with E-state index in [0.29, 0.717) is 93.5 Å². The van der Waals surface area contributed by atoms with Crippen molar-refractivity contribution in [3.63, 3.8) is 0 Å². The van der Waals surface area contributed by atoms with Crippen LogP contribution in [0.1, 0.15) is 109 Å². The summed E-state index contributed by atoms with van der Waals surface area (Å²) in [6, 6.07) is 15.6. The molecule has 8 atom stereocenters. The van der Waals surface area contributed by atoms with E-state index in [2.05, 4.69) is 41.5 Å². The van der Waals surface area contributed by atoms with E-state index in [1.165, 1.54) is 22.6 Å². The molecule has 2 heterocycles. The van der Waals surface area contributed by atoms with Crippen molar-refractivity contribution in [1.29, 1.82) is 0 Å². The predicted octanol–water partition coefficient (Wildman–Crippen LogP) is 9.57.